The van der Waals surface area contributed by atoms with Crippen LogP contribution in [0.4, 0.5) is 0 Å². The zero-order chi connectivity index (χ0) is 71.4. The van der Waals surface area contributed by atoms with E-state index in [4.69, 9.17) is 37.0 Å². The largest absolute Gasteiger partial charge is 0.472 e. The summed E-state index contributed by atoms with van der Waals surface area (Å²) < 4.78 is 68.4. The van der Waals surface area contributed by atoms with Crippen LogP contribution in [0.2, 0.25) is 0 Å². The van der Waals surface area contributed by atoms with Crippen molar-refractivity contribution >= 4 is 39.5 Å². The molecule has 0 saturated heterocycles. The molecule has 0 saturated carbocycles. The second kappa shape index (κ2) is 69.8. The SMILES string of the molecule is CCCCCCCCCCCCCCCCCCCCCCCC(=O)O[C@H](COC(=O)CCCCCCCCCCCCCCCCCCC(C)C)COP(=O)(O)OC[C@@H](O)COP(=O)(O)OC[C@@H](COC(=O)CCCCCCCCC)OC(=O)CCCCCCCCC(C)CC. The van der Waals surface area contributed by atoms with Crippen molar-refractivity contribution in [3.8, 4) is 0 Å². The quantitative estimate of drug-likeness (QED) is 0.0222. The summed E-state index contributed by atoms with van der Waals surface area (Å²) in [5.41, 5.74) is 0. The minimum absolute atomic E-state index is 0.103. The van der Waals surface area contributed by atoms with Gasteiger partial charge in [-0.2, -0.15) is 0 Å². The van der Waals surface area contributed by atoms with Gasteiger partial charge in [-0.15, -0.1) is 0 Å². The van der Waals surface area contributed by atoms with Crippen molar-refractivity contribution in [1.29, 1.82) is 0 Å². The van der Waals surface area contributed by atoms with Crippen LogP contribution in [0, 0.1) is 11.8 Å². The van der Waals surface area contributed by atoms with Gasteiger partial charge < -0.3 is 33.8 Å². The van der Waals surface area contributed by atoms with Crippen molar-refractivity contribution in [2.45, 2.75) is 426 Å². The smallest absolute Gasteiger partial charge is 0.462 e. The van der Waals surface area contributed by atoms with Gasteiger partial charge in [0, 0.05) is 25.7 Å². The van der Waals surface area contributed by atoms with Gasteiger partial charge in [-0.25, -0.2) is 9.13 Å². The average Bonchev–Trinajstić information content (AvgIpc) is 1.12. The van der Waals surface area contributed by atoms with Crippen molar-refractivity contribution < 1.29 is 80.2 Å². The van der Waals surface area contributed by atoms with Crippen LogP contribution in [-0.2, 0) is 65.4 Å². The van der Waals surface area contributed by atoms with E-state index in [-0.39, 0.29) is 25.7 Å². The standard InChI is InChI=1S/C78H152O17P2/c1-7-10-12-14-16-17-18-19-20-21-22-23-24-25-30-33-36-39-43-50-56-62-77(82)94-73(67-89-76(81)61-55-49-42-38-35-32-29-27-26-28-31-34-37-41-46-52-58-70(4)5)68-92-96(84,85)90-64-72(79)65-91-97(86,87)93-69-74(66-88-75(80)60-54-48-40-15-13-11-8-2)95-78(83)63-57-51-45-44-47-53-59-71(6)9-3/h70-74,79H,7-69H2,1-6H3,(H,84,85)(H,86,87)/t71?,72-,73-,74-/m1/s1. The summed E-state index contributed by atoms with van der Waals surface area (Å²) in [6, 6.07) is 0. The minimum atomic E-state index is -4.96. The molecule has 0 amide bonds. The van der Waals surface area contributed by atoms with Crippen LogP contribution in [0.3, 0.4) is 0 Å². The molecular formula is C78H152O17P2. The fourth-order valence-corrected chi connectivity index (χ4v) is 13.6. The number of rotatable bonds is 77. The Labute approximate surface area is 594 Å². The maximum atomic E-state index is 13.1. The number of unbranched alkanes of at least 4 members (excludes halogenated alkanes) is 46. The average molecular weight is 1420 g/mol. The van der Waals surface area contributed by atoms with Crippen LogP contribution in [-0.4, -0.2) is 96.7 Å². The Balaban J connectivity index is 5.15. The molecule has 0 aromatic rings. The van der Waals surface area contributed by atoms with Crippen LogP contribution in [0.25, 0.3) is 0 Å². The fourth-order valence-electron chi connectivity index (χ4n) is 12.0. The highest BCUT2D eigenvalue weighted by Crippen LogP contribution is 2.45. The lowest BCUT2D eigenvalue weighted by molar-refractivity contribution is -0.161. The third-order valence-corrected chi connectivity index (χ3v) is 20.5. The van der Waals surface area contributed by atoms with E-state index in [1.807, 2.05) is 0 Å². The first-order chi connectivity index (χ1) is 46.9. The predicted molar refractivity (Wildman–Crippen MR) is 395 cm³/mol. The molecule has 19 heteroatoms. The van der Waals surface area contributed by atoms with Gasteiger partial charge in [0.2, 0.25) is 0 Å². The van der Waals surface area contributed by atoms with Gasteiger partial charge in [0.1, 0.15) is 19.3 Å². The Morgan fingerprint density at radius 2 is 0.526 bits per heavy atom. The van der Waals surface area contributed by atoms with E-state index in [2.05, 4.69) is 41.5 Å². The highest BCUT2D eigenvalue weighted by Gasteiger charge is 2.30. The first-order valence-electron chi connectivity index (χ1n) is 40.5. The first-order valence-corrected chi connectivity index (χ1v) is 43.5. The topological polar surface area (TPSA) is 237 Å². The molecular weight excluding hydrogens is 1270 g/mol. The summed E-state index contributed by atoms with van der Waals surface area (Å²) >= 11 is 0. The molecule has 0 heterocycles. The van der Waals surface area contributed by atoms with E-state index in [9.17, 15) is 43.2 Å². The lowest BCUT2D eigenvalue weighted by atomic mass is 10.00. The molecule has 3 N–H and O–H groups in total. The molecule has 0 bridgehead atoms. The van der Waals surface area contributed by atoms with E-state index in [1.54, 1.807) is 0 Å². The maximum Gasteiger partial charge on any atom is 0.472 e. The van der Waals surface area contributed by atoms with Crippen molar-refractivity contribution in [3.05, 3.63) is 0 Å². The lowest BCUT2D eigenvalue weighted by Gasteiger charge is -2.21. The summed E-state index contributed by atoms with van der Waals surface area (Å²) in [4.78, 5) is 72.7. The summed E-state index contributed by atoms with van der Waals surface area (Å²) in [6.45, 7) is 9.54. The Morgan fingerprint density at radius 1 is 0.299 bits per heavy atom. The minimum Gasteiger partial charge on any atom is -0.462 e. The first kappa shape index (κ1) is 95.1. The van der Waals surface area contributed by atoms with E-state index in [0.717, 1.165) is 115 Å². The fraction of sp³-hybridized carbons (Fsp3) is 0.949. The lowest BCUT2D eigenvalue weighted by Crippen LogP contribution is -2.30. The third kappa shape index (κ3) is 70.9. The van der Waals surface area contributed by atoms with Crippen molar-refractivity contribution in [1.82, 2.24) is 0 Å². The monoisotopic (exact) mass is 1420 g/mol. The van der Waals surface area contributed by atoms with Crippen molar-refractivity contribution in [2.24, 2.45) is 11.8 Å². The summed E-state index contributed by atoms with van der Waals surface area (Å²) in [7, 11) is -9.91. The molecule has 0 aliphatic rings. The molecule has 0 rings (SSSR count). The van der Waals surface area contributed by atoms with Crippen LogP contribution >= 0.6 is 15.6 Å². The molecule has 0 radical (unpaired) electrons. The molecule has 3 unspecified atom stereocenters. The molecule has 0 aromatic heterocycles. The normalized spacial score (nSPS) is 14.2. The predicted octanol–water partition coefficient (Wildman–Crippen LogP) is 23.1. The van der Waals surface area contributed by atoms with Gasteiger partial charge in [0.25, 0.3) is 0 Å². The third-order valence-electron chi connectivity index (χ3n) is 18.6. The number of phosphoric ester groups is 2. The van der Waals surface area contributed by atoms with Crippen LogP contribution in [0.1, 0.15) is 408 Å². The number of hydrogen-bond donors (Lipinski definition) is 3. The molecule has 0 aliphatic carbocycles. The molecule has 97 heavy (non-hydrogen) atoms. The zero-order valence-electron chi connectivity index (χ0n) is 63.4. The Hall–Kier alpha value is -1.94. The summed E-state index contributed by atoms with van der Waals surface area (Å²) in [5.74, 6) is -0.589. The van der Waals surface area contributed by atoms with Crippen molar-refractivity contribution in [3.63, 3.8) is 0 Å². The second-order valence-corrected chi connectivity index (χ2v) is 31.7. The van der Waals surface area contributed by atoms with Gasteiger partial charge in [0.15, 0.2) is 12.2 Å². The van der Waals surface area contributed by atoms with E-state index in [0.29, 0.717) is 25.7 Å². The molecule has 0 aromatic carbocycles. The van der Waals surface area contributed by atoms with Gasteiger partial charge in [-0.05, 0) is 37.5 Å². The summed E-state index contributed by atoms with van der Waals surface area (Å²) in [6.07, 6.45) is 58.7. The number of hydrogen-bond acceptors (Lipinski definition) is 15. The van der Waals surface area contributed by atoms with Crippen molar-refractivity contribution in [2.75, 3.05) is 39.6 Å². The second-order valence-electron chi connectivity index (χ2n) is 28.8. The van der Waals surface area contributed by atoms with Gasteiger partial charge >= 0.3 is 39.5 Å². The number of ether oxygens (including phenoxy) is 4. The molecule has 576 valence electrons. The Bertz CT molecular complexity index is 1870. The number of phosphoric acid groups is 2. The summed E-state index contributed by atoms with van der Waals surface area (Å²) in [5, 5.41) is 10.6. The van der Waals surface area contributed by atoms with Crippen LogP contribution in [0.15, 0.2) is 0 Å². The number of aliphatic hydroxyl groups is 1. The number of aliphatic hydroxyl groups excluding tert-OH is 1. The zero-order valence-corrected chi connectivity index (χ0v) is 65.2. The number of carbonyl (C=O) groups excluding carboxylic acids is 4. The number of carbonyl (C=O) groups is 4. The molecule has 0 spiro atoms. The molecule has 0 aliphatic heterocycles. The van der Waals surface area contributed by atoms with Crippen LogP contribution < -0.4 is 0 Å². The molecule has 6 atom stereocenters. The maximum absolute atomic E-state index is 13.1. The van der Waals surface area contributed by atoms with Crippen LogP contribution in [0.5, 0.6) is 0 Å². The van der Waals surface area contributed by atoms with Gasteiger partial charge in [-0.1, -0.05) is 356 Å². The van der Waals surface area contributed by atoms with E-state index >= 15 is 0 Å². The van der Waals surface area contributed by atoms with E-state index in [1.165, 1.54) is 212 Å². The van der Waals surface area contributed by atoms with E-state index < -0.39 is 97.5 Å². The Morgan fingerprint density at radius 3 is 0.784 bits per heavy atom. The number of esters is 4. The van der Waals surface area contributed by atoms with Gasteiger partial charge in [0.05, 0.1) is 26.4 Å². The van der Waals surface area contributed by atoms with Gasteiger partial charge in [-0.3, -0.25) is 37.3 Å². The molecule has 0 fully saturated rings. The Kier molecular flexibility index (Phi) is 68.4. The highest BCUT2D eigenvalue weighted by atomic mass is 31.2. The molecule has 17 nitrogen and oxygen atoms in total. The highest BCUT2D eigenvalue weighted by molar-refractivity contribution is 7.47.